The fraction of sp³-hybridized carbons (Fsp3) is 0.517. The third kappa shape index (κ3) is 4.78. The van der Waals surface area contributed by atoms with E-state index in [2.05, 4.69) is 0 Å². The number of alkyl halides is 6. The number of anilines is 1. The van der Waals surface area contributed by atoms with Gasteiger partial charge in [-0.2, -0.15) is 26.3 Å². The molecule has 1 aliphatic carbocycles. The summed E-state index contributed by atoms with van der Waals surface area (Å²) in [5, 5.41) is 22.1. The molecule has 0 unspecified atom stereocenters. The fourth-order valence-corrected chi connectivity index (χ4v) is 6.86. The Morgan fingerprint density at radius 3 is 2.00 bits per heavy atom. The predicted octanol–water partition coefficient (Wildman–Crippen LogP) is 6.44. The van der Waals surface area contributed by atoms with Gasteiger partial charge in [-0.25, -0.2) is 0 Å². The third-order valence-corrected chi connectivity index (χ3v) is 8.72. The van der Waals surface area contributed by atoms with Crippen LogP contribution in [0, 0.1) is 37.5 Å². The van der Waals surface area contributed by atoms with E-state index in [9.17, 15) is 46.1 Å². The number of phenolic OH excluding ortho intramolecular Hbond substituents is 1. The van der Waals surface area contributed by atoms with Crippen LogP contribution < -0.4 is 4.90 Å². The Balaban J connectivity index is 1.57. The minimum Gasteiger partial charge on any atom is -0.507 e. The first-order chi connectivity index (χ1) is 19.0. The molecule has 3 aliphatic rings. The van der Waals surface area contributed by atoms with Gasteiger partial charge in [-0.3, -0.25) is 14.5 Å². The van der Waals surface area contributed by atoms with Gasteiger partial charge in [-0.1, -0.05) is 13.3 Å². The molecule has 2 aliphatic heterocycles. The molecule has 0 bridgehead atoms. The number of carbonyl (C=O) groups is 2. The van der Waals surface area contributed by atoms with Crippen LogP contribution in [-0.2, 0) is 26.7 Å². The fourth-order valence-electron chi connectivity index (χ4n) is 6.86. The molecule has 2 heterocycles. The molecule has 2 amide bonds. The van der Waals surface area contributed by atoms with Crippen LogP contribution in [0.2, 0.25) is 0 Å². The number of nitrogens with zero attached hydrogens (tertiary/aromatic N) is 1. The number of imide groups is 1. The highest BCUT2D eigenvalue weighted by atomic mass is 19.4. The number of aliphatic hydroxyl groups is 1. The lowest BCUT2D eigenvalue weighted by Gasteiger charge is -2.44. The van der Waals surface area contributed by atoms with Crippen molar-refractivity contribution in [1.29, 1.82) is 0 Å². The van der Waals surface area contributed by atoms with Crippen LogP contribution in [0.5, 0.6) is 5.75 Å². The van der Waals surface area contributed by atoms with E-state index in [0.717, 1.165) is 0 Å². The lowest BCUT2D eigenvalue weighted by Crippen LogP contribution is -2.53. The SMILES string of the molecule is CCC[C@H]1C[C@@H]2C(=O)N(c3cc(C(F)(F)F)cc(C(F)(F)F)c3)C(=O)[C@@H]2[C@@H]2C[C@@H](c3cc(C)c(O)c(C)c3)O[C@]12O. The topological polar surface area (TPSA) is 87.1 Å². The molecular weight excluding hydrogens is 556 g/mol. The van der Waals surface area contributed by atoms with E-state index in [0.29, 0.717) is 46.6 Å². The molecule has 2 saturated heterocycles. The summed E-state index contributed by atoms with van der Waals surface area (Å²) in [7, 11) is 0. The van der Waals surface area contributed by atoms with Gasteiger partial charge in [0.25, 0.3) is 0 Å². The highest BCUT2D eigenvalue weighted by molar-refractivity contribution is 6.22. The summed E-state index contributed by atoms with van der Waals surface area (Å²) in [6, 6.07) is 4.06. The first-order valence-electron chi connectivity index (χ1n) is 13.3. The number of hydrogen-bond donors (Lipinski definition) is 2. The first kappa shape index (κ1) is 29.4. The zero-order valence-corrected chi connectivity index (χ0v) is 22.4. The van der Waals surface area contributed by atoms with E-state index < -0.39 is 76.5 Å². The summed E-state index contributed by atoms with van der Waals surface area (Å²) in [5.41, 5.74) is -2.32. The van der Waals surface area contributed by atoms with E-state index in [4.69, 9.17) is 4.74 Å². The van der Waals surface area contributed by atoms with Gasteiger partial charge < -0.3 is 14.9 Å². The van der Waals surface area contributed by atoms with Gasteiger partial charge in [0.2, 0.25) is 11.8 Å². The third-order valence-electron chi connectivity index (χ3n) is 8.72. The van der Waals surface area contributed by atoms with Gasteiger partial charge >= 0.3 is 12.4 Å². The number of aromatic hydroxyl groups is 1. The maximum absolute atomic E-state index is 13.8. The van der Waals surface area contributed by atoms with Crippen molar-refractivity contribution in [3.05, 3.63) is 58.1 Å². The van der Waals surface area contributed by atoms with Gasteiger partial charge in [0.1, 0.15) is 5.75 Å². The Bertz CT molecular complexity index is 1350. The van der Waals surface area contributed by atoms with Crippen LogP contribution in [0.4, 0.5) is 32.0 Å². The summed E-state index contributed by atoms with van der Waals surface area (Å²) in [6.07, 6.45) is -9.95. The molecule has 3 fully saturated rings. The van der Waals surface area contributed by atoms with E-state index in [-0.39, 0.29) is 24.7 Å². The molecule has 222 valence electrons. The summed E-state index contributed by atoms with van der Waals surface area (Å²) >= 11 is 0. The molecule has 2 aromatic carbocycles. The van der Waals surface area contributed by atoms with Crippen molar-refractivity contribution < 1.29 is 50.9 Å². The second-order valence-corrected chi connectivity index (χ2v) is 11.3. The summed E-state index contributed by atoms with van der Waals surface area (Å²) in [4.78, 5) is 27.8. The molecule has 6 nitrogen and oxygen atoms in total. The monoisotopic (exact) mass is 585 g/mol. The second kappa shape index (κ2) is 9.72. The lowest BCUT2D eigenvalue weighted by atomic mass is 9.63. The van der Waals surface area contributed by atoms with Crippen LogP contribution in [0.3, 0.4) is 0 Å². The molecule has 2 N–H and O–H groups in total. The van der Waals surface area contributed by atoms with Gasteiger partial charge in [0.05, 0.1) is 34.8 Å². The van der Waals surface area contributed by atoms with E-state index in [1.165, 1.54) is 0 Å². The normalized spacial score (nSPS) is 30.1. The number of hydrogen-bond acceptors (Lipinski definition) is 5. The molecule has 0 aromatic heterocycles. The highest BCUT2D eigenvalue weighted by Gasteiger charge is 2.66. The van der Waals surface area contributed by atoms with Crippen molar-refractivity contribution in [2.75, 3.05) is 4.90 Å². The van der Waals surface area contributed by atoms with Crippen LogP contribution in [0.1, 0.15) is 66.5 Å². The van der Waals surface area contributed by atoms with Crippen LogP contribution >= 0.6 is 0 Å². The average Bonchev–Trinajstić information content (AvgIpc) is 3.35. The molecule has 0 spiro atoms. The Kier molecular flexibility index (Phi) is 6.97. The van der Waals surface area contributed by atoms with E-state index in [1.54, 1.807) is 26.0 Å². The standard InChI is InChI=1S/C29H29F6NO5/c1-4-5-16-11-20-23(21-12-22(41-27(16,21)40)15-6-13(2)24(37)14(3)7-15)26(39)36(25(20)38)19-9-17(28(30,31)32)8-18(10-19)29(33,34)35/h6-10,16,20-23,37,40H,4-5,11-12H2,1-3H3/t16-,20-,21-,22-,23-,27+/m0/s1. The largest absolute Gasteiger partial charge is 0.507 e. The maximum Gasteiger partial charge on any atom is 0.416 e. The highest BCUT2D eigenvalue weighted by Crippen LogP contribution is 2.59. The van der Waals surface area contributed by atoms with E-state index in [1.807, 2.05) is 6.92 Å². The maximum atomic E-state index is 13.8. The molecule has 0 radical (unpaired) electrons. The van der Waals surface area contributed by atoms with Crippen LogP contribution in [0.25, 0.3) is 0 Å². The predicted molar refractivity (Wildman–Crippen MR) is 133 cm³/mol. The summed E-state index contributed by atoms with van der Waals surface area (Å²) < 4.78 is 87.5. The quantitative estimate of drug-likeness (QED) is 0.319. The van der Waals surface area contributed by atoms with Crippen molar-refractivity contribution in [2.45, 2.75) is 70.7 Å². The smallest absolute Gasteiger partial charge is 0.416 e. The van der Waals surface area contributed by atoms with Gasteiger partial charge in [-0.15, -0.1) is 0 Å². The van der Waals surface area contributed by atoms with Gasteiger partial charge in [0, 0.05) is 11.8 Å². The number of amides is 2. The molecule has 2 aromatic rings. The van der Waals surface area contributed by atoms with E-state index >= 15 is 0 Å². The van der Waals surface area contributed by atoms with Crippen molar-refractivity contribution in [3.63, 3.8) is 0 Å². The van der Waals surface area contributed by atoms with Crippen molar-refractivity contribution in [2.24, 2.45) is 23.7 Å². The molecular formula is C29H29F6NO5. The minimum atomic E-state index is -5.16. The van der Waals surface area contributed by atoms with Crippen LogP contribution in [-0.4, -0.2) is 27.8 Å². The zero-order chi connectivity index (χ0) is 30.2. The number of halogens is 6. The Morgan fingerprint density at radius 2 is 1.49 bits per heavy atom. The number of fused-ring (bicyclic) bond motifs is 3. The second-order valence-electron chi connectivity index (χ2n) is 11.3. The number of carbonyl (C=O) groups excluding carboxylic acids is 2. The lowest BCUT2D eigenvalue weighted by molar-refractivity contribution is -0.270. The van der Waals surface area contributed by atoms with Crippen molar-refractivity contribution >= 4 is 17.5 Å². The Labute approximate surface area is 231 Å². The summed E-state index contributed by atoms with van der Waals surface area (Å²) in [5.74, 6) is -7.40. The Morgan fingerprint density at radius 1 is 0.927 bits per heavy atom. The first-order valence-corrected chi connectivity index (χ1v) is 13.3. The van der Waals surface area contributed by atoms with Crippen molar-refractivity contribution in [1.82, 2.24) is 0 Å². The molecule has 12 heteroatoms. The molecule has 1 saturated carbocycles. The summed E-state index contributed by atoms with van der Waals surface area (Å²) in [6.45, 7) is 5.25. The number of ether oxygens (including phenoxy) is 1. The Hall–Kier alpha value is -3.12. The zero-order valence-electron chi connectivity index (χ0n) is 22.4. The van der Waals surface area contributed by atoms with Gasteiger partial charge in [0.15, 0.2) is 5.79 Å². The number of phenols is 1. The molecule has 41 heavy (non-hydrogen) atoms. The minimum absolute atomic E-state index is 0.0159. The molecule has 5 rings (SSSR count). The molecule has 6 atom stereocenters. The number of benzene rings is 2. The van der Waals surface area contributed by atoms with Crippen LogP contribution in [0.15, 0.2) is 30.3 Å². The number of aryl methyl sites for hydroxylation is 2. The number of rotatable bonds is 4. The average molecular weight is 586 g/mol. The van der Waals surface area contributed by atoms with Gasteiger partial charge in [-0.05, 0) is 80.1 Å². The van der Waals surface area contributed by atoms with Crippen molar-refractivity contribution in [3.8, 4) is 5.75 Å².